The standard InChI is InChI=1S/C23H29NO4.C7H6ClF/c1-16-13-18(9-10-20(16)23(26)27)22-8-4-3-7-21(22)17(2)28-15-19(25)14-24-11-5-6-12-24;1-5-2-3-6(8)7(9)4-5/h3-4,7-10,13,17,19,25H,5-6,11-12,14-15H2,1-2H3,(H,26,27);2-4H,1H3. The number of aryl methyl sites for hydroxylation is 2. The van der Waals surface area contributed by atoms with Crippen molar-refractivity contribution in [1.82, 2.24) is 4.90 Å². The summed E-state index contributed by atoms with van der Waals surface area (Å²) in [5.74, 6) is -1.27. The van der Waals surface area contributed by atoms with E-state index in [0.717, 1.165) is 40.9 Å². The van der Waals surface area contributed by atoms with Gasteiger partial charge in [-0.05, 0) is 92.7 Å². The van der Waals surface area contributed by atoms with Crippen molar-refractivity contribution < 1.29 is 24.1 Å². The molecule has 0 saturated carbocycles. The molecule has 0 spiro atoms. The summed E-state index contributed by atoms with van der Waals surface area (Å²) in [5, 5.41) is 19.7. The van der Waals surface area contributed by atoms with Crippen molar-refractivity contribution in [2.75, 3.05) is 26.2 Å². The SMILES string of the molecule is Cc1cc(-c2ccccc2C(C)OCC(O)CN2CCCC2)ccc1C(=O)O.Cc1ccc(Cl)c(F)c1. The van der Waals surface area contributed by atoms with Crippen LogP contribution in [0.25, 0.3) is 11.1 Å². The van der Waals surface area contributed by atoms with Gasteiger partial charge in [0.2, 0.25) is 0 Å². The minimum atomic E-state index is -0.916. The molecule has 2 atom stereocenters. The van der Waals surface area contributed by atoms with Crippen LogP contribution in [0.15, 0.2) is 60.7 Å². The highest BCUT2D eigenvalue weighted by atomic mass is 35.5. The Morgan fingerprint density at radius 3 is 2.41 bits per heavy atom. The van der Waals surface area contributed by atoms with Gasteiger partial charge in [0, 0.05) is 6.54 Å². The number of aromatic carboxylic acids is 1. The van der Waals surface area contributed by atoms with E-state index < -0.39 is 12.1 Å². The largest absolute Gasteiger partial charge is 0.478 e. The Hall–Kier alpha value is -2.77. The molecule has 0 aliphatic carbocycles. The van der Waals surface area contributed by atoms with Crippen molar-refractivity contribution in [2.45, 2.75) is 45.8 Å². The number of aliphatic hydroxyl groups excluding tert-OH is 1. The van der Waals surface area contributed by atoms with E-state index in [9.17, 15) is 19.4 Å². The first kappa shape index (κ1) is 28.8. The van der Waals surface area contributed by atoms with Gasteiger partial charge in [-0.2, -0.15) is 0 Å². The predicted octanol–water partition coefficient (Wildman–Crippen LogP) is 6.68. The van der Waals surface area contributed by atoms with Gasteiger partial charge in [-0.15, -0.1) is 0 Å². The van der Waals surface area contributed by atoms with Crippen LogP contribution in [-0.2, 0) is 4.74 Å². The lowest BCUT2D eigenvalue weighted by Gasteiger charge is -2.22. The van der Waals surface area contributed by atoms with Crippen molar-refractivity contribution in [3.05, 3.63) is 93.8 Å². The number of likely N-dealkylation sites (tertiary alicyclic amines) is 1. The van der Waals surface area contributed by atoms with Crippen LogP contribution in [-0.4, -0.2) is 53.4 Å². The molecule has 0 bridgehead atoms. The molecule has 7 heteroatoms. The van der Waals surface area contributed by atoms with E-state index in [1.807, 2.05) is 57.2 Å². The summed E-state index contributed by atoms with van der Waals surface area (Å²) in [6.07, 6.45) is 1.74. The summed E-state index contributed by atoms with van der Waals surface area (Å²) in [6, 6.07) is 18.1. The van der Waals surface area contributed by atoms with Gasteiger partial charge in [0.15, 0.2) is 0 Å². The van der Waals surface area contributed by atoms with Gasteiger partial charge >= 0.3 is 5.97 Å². The fourth-order valence-electron chi connectivity index (χ4n) is 4.45. The fourth-order valence-corrected chi connectivity index (χ4v) is 4.57. The van der Waals surface area contributed by atoms with E-state index >= 15 is 0 Å². The number of β-amino-alcohol motifs (C(OH)–C–C–N with tert-alkyl or cyclic N) is 1. The molecule has 2 unspecified atom stereocenters. The summed E-state index contributed by atoms with van der Waals surface area (Å²) in [6.45, 7) is 8.68. The molecule has 1 fully saturated rings. The second-order valence-electron chi connectivity index (χ2n) is 9.48. The highest BCUT2D eigenvalue weighted by Gasteiger charge is 2.19. The average molecular weight is 528 g/mol. The molecule has 5 nitrogen and oxygen atoms in total. The number of aliphatic hydroxyl groups is 1. The summed E-state index contributed by atoms with van der Waals surface area (Å²) in [7, 11) is 0. The zero-order valence-corrected chi connectivity index (χ0v) is 22.3. The van der Waals surface area contributed by atoms with Crippen molar-refractivity contribution in [1.29, 1.82) is 0 Å². The first-order valence-electron chi connectivity index (χ1n) is 12.5. The van der Waals surface area contributed by atoms with Crippen LogP contribution < -0.4 is 0 Å². The molecule has 37 heavy (non-hydrogen) atoms. The zero-order valence-electron chi connectivity index (χ0n) is 21.6. The molecular formula is C30H35ClFNO4. The maximum absolute atomic E-state index is 12.4. The first-order valence-corrected chi connectivity index (χ1v) is 12.9. The van der Waals surface area contributed by atoms with E-state index in [1.54, 1.807) is 18.2 Å². The second kappa shape index (κ2) is 13.7. The normalized spacial score (nSPS) is 15.1. The van der Waals surface area contributed by atoms with Crippen molar-refractivity contribution in [3.8, 4) is 11.1 Å². The van der Waals surface area contributed by atoms with Crippen LogP contribution in [0.2, 0.25) is 5.02 Å². The van der Waals surface area contributed by atoms with Crippen molar-refractivity contribution in [3.63, 3.8) is 0 Å². The van der Waals surface area contributed by atoms with Gasteiger partial charge in [-0.25, -0.2) is 9.18 Å². The molecule has 198 valence electrons. The monoisotopic (exact) mass is 527 g/mol. The molecule has 0 aromatic heterocycles. The Balaban J connectivity index is 0.000000356. The summed E-state index contributed by atoms with van der Waals surface area (Å²) < 4.78 is 18.4. The van der Waals surface area contributed by atoms with Crippen LogP contribution >= 0.6 is 11.6 Å². The van der Waals surface area contributed by atoms with Gasteiger partial charge in [0.1, 0.15) is 5.82 Å². The minimum Gasteiger partial charge on any atom is -0.478 e. The predicted molar refractivity (Wildman–Crippen MR) is 146 cm³/mol. The lowest BCUT2D eigenvalue weighted by Crippen LogP contribution is -2.33. The van der Waals surface area contributed by atoms with Crippen molar-refractivity contribution >= 4 is 17.6 Å². The number of halogens is 2. The zero-order chi connectivity index (χ0) is 26.9. The molecule has 3 aromatic carbocycles. The van der Waals surface area contributed by atoms with E-state index in [2.05, 4.69) is 4.90 Å². The lowest BCUT2D eigenvalue weighted by atomic mass is 9.94. The van der Waals surface area contributed by atoms with Gasteiger partial charge in [-0.1, -0.05) is 54.1 Å². The topological polar surface area (TPSA) is 70.0 Å². The third-order valence-corrected chi connectivity index (χ3v) is 6.75. The number of benzene rings is 3. The quantitative estimate of drug-likeness (QED) is 0.342. The number of ether oxygens (including phenoxy) is 1. The van der Waals surface area contributed by atoms with Gasteiger partial charge < -0.3 is 19.8 Å². The van der Waals surface area contributed by atoms with Crippen LogP contribution in [0.5, 0.6) is 0 Å². The Labute approximate surface area is 223 Å². The van der Waals surface area contributed by atoms with Gasteiger partial charge in [0.05, 0.1) is 29.4 Å². The van der Waals surface area contributed by atoms with E-state index in [0.29, 0.717) is 18.7 Å². The lowest BCUT2D eigenvalue weighted by molar-refractivity contribution is -0.0131. The smallest absolute Gasteiger partial charge is 0.335 e. The maximum Gasteiger partial charge on any atom is 0.335 e. The molecule has 1 saturated heterocycles. The Kier molecular flexibility index (Phi) is 10.6. The molecule has 4 rings (SSSR count). The maximum atomic E-state index is 12.4. The molecular weight excluding hydrogens is 493 g/mol. The number of rotatable bonds is 8. The molecule has 0 radical (unpaired) electrons. The fraction of sp³-hybridized carbons (Fsp3) is 0.367. The first-order chi connectivity index (χ1) is 17.7. The van der Waals surface area contributed by atoms with Crippen LogP contribution in [0.3, 0.4) is 0 Å². The minimum absolute atomic E-state index is 0.177. The molecule has 1 heterocycles. The number of hydrogen-bond donors (Lipinski definition) is 2. The molecule has 1 aliphatic rings. The van der Waals surface area contributed by atoms with E-state index in [4.69, 9.17) is 16.3 Å². The third kappa shape index (κ3) is 8.37. The summed E-state index contributed by atoms with van der Waals surface area (Å²) >= 11 is 5.41. The van der Waals surface area contributed by atoms with Crippen LogP contribution in [0.4, 0.5) is 4.39 Å². The number of carboxylic acid groups (broad SMARTS) is 1. The second-order valence-corrected chi connectivity index (χ2v) is 9.88. The third-order valence-electron chi connectivity index (χ3n) is 6.45. The van der Waals surface area contributed by atoms with Crippen LogP contribution in [0.1, 0.15) is 52.9 Å². The van der Waals surface area contributed by atoms with Gasteiger partial charge in [0.25, 0.3) is 0 Å². The highest BCUT2D eigenvalue weighted by molar-refractivity contribution is 6.30. The summed E-state index contributed by atoms with van der Waals surface area (Å²) in [5.41, 5.74) is 4.94. The average Bonchev–Trinajstić information content (AvgIpc) is 3.38. The summed E-state index contributed by atoms with van der Waals surface area (Å²) in [4.78, 5) is 13.5. The van der Waals surface area contributed by atoms with Gasteiger partial charge in [-0.3, -0.25) is 0 Å². The highest BCUT2D eigenvalue weighted by Crippen LogP contribution is 2.31. The Bertz CT molecular complexity index is 1200. The number of nitrogens with zero attached hydrogens (tertiary/aromatic N) is 1. The van der Waals surface area contributed by atoms with Crippen LogP contribution in [0, 0.1) is 19.7 Å². The molecule has 3 aromatic rings. The Morgan fingerprint density at radius 2 is 1.78 bits per heavy atom. The van der Waals surface area contributed by atoms with E-state index in [1.165, 1.54) is 18.9 Å². The molecule has 2 N–H and O–H groups in total. The number of carboxylic acids is 1. The Morgan fingerprint density at radius 1 is 1.08 bits per heavy atom. The van der Waals surface area contributed by atoms with E-state index in [-0.39, 0.29) is 16.9 Å². The molecule has 1 aliphatic heterocycles. The number of carbonyl (C=O) groups is 1. The number of hydrogen-bond acceptors (Lipinski definition) is 4. The molecule has 0 amide bonds. The van der Waals surface area contributed by atoms with Crippen molar-refractivity contribution in [2.24, 2.45) is 0 Å².